The van der Waals surface area contributed by atoms with Gasteiger partial charge in [-0.3, -0.25) is 4.90 Å². The molecule has 116 valence electrons. The number of rotatable bonds is 4. The first-order valence-electron chi connectivity index (χ1n) is 8.03. The van der Waals surface area contributed by atoms with Gasteiger partial charge >= 0.3 is 0 Å². The number of hydrogen-bond donors (Lipinski definition) is 1. The minimum absolute atomic E-state index is 0.348. The predicted molar refractivity (Wildman–Crippen MR) is 83.7 cm³/mol. The van der Waals surface area contributed by atoms with Crippen molar-refractivity contribution in [3.8, 4) is 11.5 Å². The Labute approximate surface area is 127 Å². The quantitative estimate of drug-likeness (QED) is 0.926. The second kappa shape index (κ2) is 6.24. The number of aryl methyl sites for hydroxylation is 1. The van der Waals surface area contributed by atoms with Crippen LogP contribution in [0.15, 0.2) is 18.2 Å². The molecule has 0 saturated carbocycles. The third kappa shape index (κ3) is 3.33. The smallest absolute Gasteiger partial charge is 0.231 e. The molecule has 1 saturated heterocycles. The number of fused-ring (bicyclic) bond motifs is 1. The minimum atomic E-state index is 0.348. The van der Waals surface area contributed by atoms with E-state index in [0.29, 0.717) is 24.9 Å². The lowest BCUT2D eigenvalue weighted by atomic mass is 9.95. The van der Waals surface area contributed by atoms with Crippen molar-refractivity contribution in [1.82, 2.24) is 4.90 Å². The summed E-state index contributed by atoms with van der Waals surface area (Å²) in [6, 6.07) is 7.86. The highest BCUT2D eigenvalue weighted by molar-refractivity contribution is 5.44. The van der Waals surface area contributed by atoms with Crippen LogP contribution in [0.2, 0.25) is 0 Å². The van der Waals surface area contributed by atoms with E-state index in [1.165, 1.54) is 12.0 Å². The summed E-state index contributed by atoms with van der Waals surface area (Å²) in [5.41, 5.74) is 7.38. The zero-order valence-corrected chi connectivity index (χ0v) is 13.0. The maximum Gasteiger partial charge on any atom is 0.231 e. The molecule has 2 aliphatic heterocycles. The Bertz CT molecular complexity index is 492. The van der Waals surface area contributed by atoms with Crippen LogP contribution in [-0.2, 0) is 6.42 Å². The SMILES string of the molecule is CC(CCc1ccc2c(c1)OCO2)N1CCC(N)CC1C. The summed E-state index contributed by atoms with van der Waals surface area (Å²) in [5, 5.41) is 0. The van der Waals surface area contributed by atoms with Gasteiger partial charge in [-0.15, -0.1) is 0 Å². The largest absolute Gasteiger partial charge is 0.454 e. The van der Waals surface area contributed by atoms with Gasteiger partial charge in [-0.05, 0) is 57.2 Å². The molecule has 1 aromatic rings. The van der Waals surface area contributed by atoms with Gasteiger partial charge in [0.25, 0.3) is 0 Å². The van der Waals surface area contributed by atoms with Gasteiger partial charge in [0.15, 0.2) is 11.5 Å². The van der Waals surface area contributed by atoms with Crippen LogP contribution in [0, 0.1) is 0 Å². The number of piperidine rings is 1. The Morgan fingerprint density at radius 2 is 2.14 bits per heavy atom. The molecule has 1 aromatic carbocycles. The van der Waals surface area contributed by atoms with Crippen molar-refractivity contribution >= 4 is 0 Å². The summed E-state index contributed by atoms with van der Waals surface area (Å²) in [5.74, 6) is 1.75. The molecule has 21 heavy (non-hydrogen) atoms. The second-order valence-electron chi connectivity index (χ2n) is 6.45. The van der Waals surface area contributed by atoms with Gasteiger partial charge in [0.2, 0.25) is 6.79 Å². The molecule has 4 nitrogen and oxygen atoms in total. The average Bonchev–Trinajstić information content (AvgIpc) is 2.92. The summed E-state index contributed by atoms with van der Waals surface area (Å²) in [6.45, 7) is 6.11. The maximum absolute atomic E-state index is 6.05. The van der Waals surface area contributed by atoms with E-state index < -0.39 is 0 Å². The lowest BCUT2D eigenvalue weighted by molar-refractivity contribution is 0.0997. The van der Waals surface area contributed by atoms with Crippen LogP contribution in [0.5, 0.6) is 11.5 Å². The van der Waals surface area contributed by atoms with Crippen LogP contribution < -0.4 is 15.2 Å². The van der Waals surface area contributed by atoms with Crippen LogP contribution >= 0.6 is 0 Å². The van der Waals surface area contributed by atoms with Crippen molar-refractivity contribution in [1.29, 1.82) is 0 Å². The van der Waals surface area contributed by atoms with Crippen molar-refractivity contribution < 1.29 is 9.47 Å². The molecule has 2 aliphatic rings. The van der Waals surface area contributed by atoms with Crippen molar-refractivity contribution in [2.45, 2.75) is 57.7 Å². The van der Waals surface area contributed by atoms with Gasteiger partial charge in [-0.25, -0.2) is 0 Å². The van der Waals surface area contributed by atoms with Crippen molar-refractivity contribution in [2.24, 2.45) is 5.73 Å². The molecule has 0 spiro atoms. The standard InChI is InChI=1S/C17H26N2O2/c1-12(19-8-7-15(18)9-13(19)2)3-4-14-5-6-16-17(10-14)21-11-20-16/h5-6,10,12-13,15H,3-4,7-9,11,18H2,1-2H3. The van der Waals surface area contributed by atoms with E-state index in [2.05, 4.69) is 30.9 Å². The molecule has 0 radical (unpaired) electrons. The number of likely N-dealkylation sites (tertiary alicyclic amines) is 1. The Kier molecular flexibility index (Phi) is 4.36. The molecule has 2 N–H and O–H groups in total. The number of hydrogen-bond acceptors (Lipinski definition) is 4. The number of ether oxygens (including phenoxy) is 2. The first-order valence-corrected chi connectivity index (χ1v) is 8.03. The highest BCUT2D eigenvalue weighted by Gasteiger charge is 2.26. The lowest BCUT2D eigenvalue weighted by Gasteiger charge is -2.40. The molecule has 4 heteroatoms. The third-order valence-corrected chi connectivity index (χ3v) is 4.82. The first-order chi connectivity index (χ1) is 10.1. The molecule has 1 fully saturated rings. The molecule has 0 bridgehead atoms. The van der Waals surface area contributed by atoms with Gasteiger partial charge in [0, 0.05) is 24.7 Å². The van der Waals surface area contributed by atoms with Crippen molar-refractivity contribution in [3.05, 3.63) is 23.8 Å². The monoisotopic (exact) mass is 290 g/mol. The van der Waals surface area contributed by atoms with Gasteiger partial charge in [-0.2, -0.15) is 0 Å². The summed E-state index contributed by atoms with van der Waals surface area (Å²) >= 11 is 0. The van der Waals surface area contributed by atoms with Crippen LogP contribution in [0.25, 0.3) is 0 Å². The van der Waals surface area contributed by atoms with Gasteiger partial charge in [-0.1, -0.05) is 6.07 Å². The number of nitrogens with zero attached hydrogens (tertiary/aromatic N) is 1. The zero-order valence-electron chi connectivity index (χ0n) is 13.0. The number of benzene rings is 1. The Hall–Kier alpha value is -1.26. The van der Waals surface area contributed by atoms with E-state index in [1.54, 1.807) is 0 Å². The fraction of sp³-hybridized carbons (Fsp3) is 0.647. The Morgan fingerprint density at radius 1 is 1.33 bits per heavy atom. The van der Waals surface area contributed by atoms with Gasteiger partial charge < -0.3 is 15.2 Å². The fourth-order valence-electron chi connectivity index (χ4n) is 3.52. The van der Waals surface area contributed by atoms with Crippen LogP contribution in [0.3, 0.4) is 0 Å². The normalized spacial score (nSPS) is 26.8. The molecule has 0 aromatic heterocycles. The van der Waals surface area contributed by atoms with E-state index in [4.69, 9.17) is 15.2 Å². The van der Waals surface area contributed by atoms with E-state index in [1.807, 2.05) is 6.07 Å². The molecule has 3 rings (SSSR count). The van der Waals surface area contributed by atoms with E-state index in [-0.39, 0.29) is 0 Å². The first kappa shape index (κ1) is 14.7. The predicted octanol–water partition coefficient (Wildman–Crippen LogP) is 2.55. The lowest BCUT2D eigenvalue weighted by Crippen LogP contribution is -2.49. The second-order valence-corrected chi connectivity index (χ2v) is 6.45. The number of nitrogens with two attached hydrogens (primary N) is 1. The molecule has 2 heterocycles. The average molecular weight is 290 g/mol. The Balaban J connectivity index is 1.55. The molecule has 0 aliphatic carbocycles. The molecular formula is C17H26N2O2. The highest BCUT2D eigenvalue weighted by Crippen LogP contribution is 2.33. The highest BCUT2D eigenvalue weighted by atomic mass is 16.7. The third-order valence-electron chi connectivity index (χ3n) is 4.82. The summed E-state index contributed by atoms with van der Waals surface area (Å²) in [7, 11) is 0. The minimum Gasteiger partial charge on any atom is -0.454 e. The topological polar surface area (TPSA) is 47.7 Å². The molecule has 0 amide bonds. The summed E-state index contributed by atoms with van der Waals surface area (Å²) < 4.78 is 10.8. The summed E-state index contributed by atoms with van der Waals surface area (Å²) in [6.07, 6.45) is 4.49. The molecular weight excluding hydrogens is 264 g/mol. The Morgan fingerprint density at radius 3 is 2.95 bits per heavy atom. The van der Waals surface area contributed by atoms with Gasteiger partial charge in [0.05, 0.1) is 0 Å². The molecule has 3 unspecified atom stereocenters. The van der Waals surface area contributed by atoms with Crippen LogP contribution in [0.4, 0.5) is 0 Å². The molecule has 3 atom stereocenters. The summed E-state index contributed by atoms with van der Waals surface area (Å²) in [4.78, 5) is 2.61. The van der Waals surface area contributed by atoms with Crippen LogP contribution in [0.1, 0.15) is 38.7 Å². The van der Waals surface area contributed by atoms with Crippen molar-refractivity contribution in [2.75, 3.05) is 13.3 Å². The maximum atomic E-state index is 6.05. The van der Waals surface area contributed by atoms with E-state index >= 15 is 0 Å². The van der Waals surface area contributed by atoms with Gasteiger partial charge in [0.1, 0.15) is 0 Å². The van der Waals surface area contributed by atoms with E-state index in [0.717, 1.165) is 37.3 Å². The van der Waals surface area contributed by atoms with Crippen molar-refractivity contribution in [3.63, 3.8) is 0 Å². The van der Waals surface area contributed by atoms with Crippen LogP contribution in [-0.4, -0.2) is 36.4 Å². The zero-order chi connectivity index (χ0) is 14.8. The van der Waals surface area contributed by atoms with E-state index in [9.17, 15) is 0 Å². The fourth-order valence-corrected chi connectivity index (χ4v) is 3.52.